The summed E-state index contributed by atoms with van der Waals surface area (Å²) >= 11 is 0. The van der Waals surface area contributed by atoms with E-state index >= 15 is 0 Å². The SMILES string of the molecule is C/C(N)=C(C)/C(C)=C(\N)NCc1ccc(C(F)(F)F)cc1. The Morgan fingerprint density at radius 1 is 1.00 bits per heavy atom. The van der Waals surface area contributed by atoms with E-state index in [1.54, 1.807) is 6.92 Å². The number of benzene rings is 1. The quantitative estimate of drug-likeness (QED) is 0.748. The van der Waals surface area contributed by atoms with Crippen LogP contribution in [0.25, 0.3) is 0 Å². The Morgan fingerprint density at radius 3 is 1.95 bits per heavy atom. The first-order chi connectivity index (χ1) is 9.62. The monoisotopic (exact) mass is 299 g/mol. The summed E-state index contributed by atoms with van der Waals surface area (Å²) in [6.45, 7) is 5.82. The molecule has 1 aromatic rings. The minimum Gasteiger partial charge on any atom is -0.402 e. The Balaban J connectivity index is 2.76. The van der Waals surface area contributed by atoms with Gasteiger partial charge in [-0.1, -0.05) is 12.1 Å². The first-order valence-electron chi connectivity index (χ1n) is 6.42. The number of hydrogen-bond acceptors (Lipinski definition) is 3. The van der Waals surface area contributed by atoms with Gasteiger partial charge in [0.25, 0.3) is 0 Å². The summed E-state index contributed by atoms with van der Waals surface area (Å²) in [4.78, 5) is 0. The molecule has 0 saturated carbocycles. The van der Waals surface area contributed by atoms with E-state index in [2.05, 4.69) is 5.32 Å². The number of alkyl halides is 3. The van der Waals surface area contributed by atoms with E-state index in [9.17, 15) is 13.2 Å². The molecule has 1 aromatic carbocycles. The number of allylic oxidation sites excluding steroid dienone is 3. The summed E-state index contributed by atoms with van der Waals surface area (Å²) < 4.78 is 37.3. The Morgan fingerprint density at radius 2 is 1.52 bits per heavy atom. The van der Waals surface area contributed by atoms with Gasteiger partial charge in [-0.15, -0.1) is 0 Å². The van der Waals surface area contributed by atoms with Gasteiger partial charge in [-0.2, -0.15) is 13.2 Å². The molecule has 0 atom stereocenters. The van der Waals surface area contributed by atoms with E-state index < -0.39 is 11.7 Å². The maximum Gasteiger partial charge on any atom is 0.416 e. The van der Waals surface area contributed by atoms with Crippen LogP contribution in [0, 0.1) is 0 Å². The molecule has 116 valence electrons. The molecule has 5 N–H and O–H groups in total. The van der Waals surface area contributed by atoms with Crippen LogP contribution in [0.3, 0.4) is 0 Å². The fraction of sp³-hybridized carbons (Fsp3) is 0.333. The lowest BCUT2D eigenvalue weighted by Crippen LogP contribution is -2.22. The van der Waals surface area contributed by atoms with Crippen LogP contribution in [0.4, 0.5) is 13.2 Å². The van der Waals surface area contributed by atoms with Crippen molar-refractivity contribution in [3.8, 4) is 0 Å². The highest BCUT2D eigenvalue weighted by Crippen LogP contribution is 2.29. The van der Waals surface area contributed by atoms with E-state index in [0.29, 0.717) is 23.6 Å². The van der Waals surface area contributed by atoms with E-state index in [1.807, 2.05) is 13.8 Å². The molecule has 0 fully saturated rings. The van der Waals surface area contributed by atoms with Crippen molar-refractivity contribution in [2.75, 3.05) is 0 Å². The molecule has 0 unspecified atom stereocenters. The molecule has 0 aliphatic heterocycles. The predicted molar refractivity (Wildman–Crippen MR) is 77.7 cm³/mol. The van der Waals surface area contributed by atoms with Crippen molar-refractivity contribution in [3.63, 3.8) is 0 Å². The van der Waals surface area contributed by atoms with Crippen LogP contribution < -0.4 is 16.8 Å². The second kappa shape index (κ2) is 6.56. The molecule has 0 heterocycles. The highest BCUT2D eigenvalue weighted by Gasteiger charge is 2.29. The normalized spacial score (nSPS) is 14.4. The second-order valence-electron chi connectivity index (χ2n) is 4.89. The van der Waals surface area contributed by atoms with Gasteiger partial charge in [0, 0.05) is 12.2 Å². The van der Waals surface area contributed by atoms with Crippen molar-refractivity contribution < 1.29 is 13.2 Å². The zero-order valence-corrected chi connectivity index (χ0v) is 12.3. The van der Waals surface area contributed by atoms with Crippen molar-refractivity contribution in [1.82, 2.24) is 5.32 Å². The second-order valence-corrected chi connectivity index (χ2v) is 4.89. The molecule has 0 radical (unpaired) electrons. The Hall–Kier alpha value is -2.11. The molecule has 0 amide bonds. The summed E-state index contributed by atoms with van der Waals surface area (Å²) in [6, 6.07) is 4.96. The summed E-state index contributed by atoms with van der Waals surface area (Å²) in [6.07, 6.45) is -4.32. The highest BCUT2D eigenvalue weighted by atomic mass is 19.4. The summed E-state index contributed by atoms with van der Waals surface area (Å²) in [5, 5.41) is 2.98. The van der Waals surface area contributed by atoms with Gasteiger partial charge in [-0.05, 0) is 49.6 Å². The van der Waals surface area contributed by atoms with Crippen molar-refractivity contribution >= 4 is 0 Å². The lowest BCUT2D eigenvalue weighted by molar-refractivity contribution is -0.137. The predicted octanol–water partition coefficient (Wildman–Crippen LogP) is 3.24. The molecule has 0 saturated heterocycles. The maximum absolute atomic E-state index is 12.4. The van der Waals surface area contributed by atoms with Gasteiger partial charge < -0.3 is 16.8 Å². The van der Waals surface area contributed by atoms with E-state index in [-0.39, 0.29) is 0 Å². The molecule has 0 spiro atoms. The number of hydrogen-bond donors (Lipinski definition) is 3. The minimum absolute atomic E-state index is 0.345. The smallest absolute Gasteiger partial charge is 0.402 e. The van der Waals surface area contributed by atoms with Crippen LogP contribution in [0.1, 0.15) is 31.9 Å². The van der Waals surface area contributed by atoms with Crippen molar-refractivity contribution in [2.45, 2.75) is 33.5 Å². The third-order valence-corrected chi connectivity index (χ3v) is 3.32. The number of rotatable bonds is 4. The molecule has 0 aliphatic carbocycles. The number of nitrogens with one attached hydrogen (secondary N) is 1. The molecule has 6 heteroatoms. The van der Waals surface area contributed by atoms with E-state index in [4.69, 9.17) is 11.5 Å². The van der Waals surface area contributed by atoms with Gasteiger partial charge in [0.15, 0.2) is 0 Å². The largest absolute Gasteiger partial charge is 0.416 e. The fourth-order valence-corrected chi connectivity index (χ4v) is 1.64. The fourth-order valence-electron chi connectivity index (χ4n) is 1.64. The highest BCUT2D eigenvalue weighted by molar-refractivity contribution is 5.33. The number of nitrogens with two attached hydrogens (primary N) is 2. The van der Waals surface area contributed by atoms with Crippen molar-refractivity contribution in [3.05, 3.63) is 58.1 Å². The topological polar surface area (TPSA) is 64.1 Å². The average molecular weight is 299 g/mol. The molecule has 0 aromatic heterocycles. The van der Waals surface area contributed by atoms with Gasteiger partial charge in [-0.25, -0.2) is 0 Å². The van der Waals surface area contributed by atoms with Gasteiger partial charge >= 0.3 is 6.18 Å². The van der Waals surface area contributed by atoms with Gasteiger partial charge in [0.2, 0.25) is 0 Å². The van der Waals surface area contributed by atoms with E-state index in [1.165, 1.54) is 12.1 Å². The third kappa shape index (κ3) is 4.73. The molecule has 21 heavy (non-hydrogen) atoms. The molecule has 0 aliphatic rings. The standard InChI is InChI=1S/C15H20F3N3/c1-9(11(3)19)10(2)14(20)21-8-12-4-6-13(7-5-12)15(16,17)18/h4-7,21H,8,19-20H2,1-3H3/b11-9-,14-10+. The van der Waals surface area contributed by atoms with Crippen LogP contribution >= 0.6 is 0 Å². The van der Waals surface area contributed by atoms with E-state index in [0.717, 1.165) is 23.3 Å². The van der Waals surface area contributed by atoms with Crippen molar-refractivity contribution in [1.29, 1.82) is 0 Å². The number of halogens is 3. The van der Waals surface area contributed by atoms with Crippen LogP contribution in [-0.2, 0) is 12.7 Å². The lowest BCUT2D eigenvalue weighted by Gasteiger charge is -2.13. The van der Waals surface area contributed by atoms with Gasteiger partial charge in [-0.3, -0.25) is 0 Å². The first-order valence-corrected chi connectivity index (χ1v) is 6.42. The zero-order valence-electron chi connectivity index (χ0n) is 12.3. The third-order valence-electron chi connectivity index (χ3n) is 3.32. The van der Waals surface area contributed by atoms with Gasteiger partial charge in [0.05, 0.1) is 11.4 Å². The molecule has 0 bridgehead atoms. The van der Waals surface area contributed by atoms with Crippen LogP contribution in [0.5, 0.6) is 0 Å². The summed E-state index contributed by atoms with van der Waals surface area (Å²) in [7, 11) is 0. The summed E-state index contributed by atoms with van der Waals surface area (Å²) in [5.74, 6) is 0.456. The van der Waals surface area contributed by atoms with Crippen molar-refractivity contribution in [2.24, 2.45) is 11.5 Å². The van der Waals surface area contributed by atoms with Crippen LogP contribution in [0.15, 0.2) is 46.9 Å². The zero-order chi connectivity index (χ0) is 16.2. The minimum atomic E-state index is -4.32. The average Bonchev–Trinajstić information content (AvgIpc) is 2.42. The molecular formula is C15H20F3N3. The lowest BCUT2D eigenvalue weighted by atomic mass is 10.1. The Kier molecular flexibility index (Phi) is 5.29. The van der Waals surface area contributed by atoms with Crippen LogP contribution in [0.2, 0.25) is 0 Å². The summed E-state index contributed by atoms with van der Waals surface area (Å²) in [5.41, 5.74) is 14.0. The van der Waals surface area contributed by atoms with Gasteiger partial charge in [0.1, 0.15) is 0 Å². The Bertz CT molecular complexity index is 551. The first kappa shape index (κ1) is 16.9. The van der Waals surface area contributed by atoms with Crippen LogP contribution in [-0.4, -0.2) is 0 Å². The Labute approximate surface area is 122 Å². The molecular weight excluding hydrogens is 279 g/mol. The molecule has 1 rings (SSSR count). The molecule has 3 nitrogen and oxygen atoms in total. The maximum atomic E-state index is 12.4.